The van der Waals surface area contributed by atoms with Crippen LogP contribution in [0.3, 0.4) is 0 Å². The van der Waals surface area contributed by atoms with Crippen molar-refractivity contribution in [3.8, 4) is 11.3 Å². The number of carbonyl (C=O) groups is 1. The molecule has 2 aromatic carbocycles. The Morgan fingerprint density at radius 1 is 1.02 bits per heavy atom. The number of hydrogen-bond acceptors (Lipinski definition) is 4. The number of aromatic nitrogens is 2. The Morgan fingerprint density at radius 2 is 1.84 bits per heavy atom. The minimum Gasteiger partial charge on any atom is -0.477 e. The van der Waals surface area contributed by atoms with E-state index in [2.05, 4.69) is 53.0 Å². The van der Waals surface area contributed by atoms with E-state index >= 15 is 0 Å². The lowest BCUT2D eigenvalue weighted by Gasteiger charge is -2.34. The third kappa shape index (κ3) is 6.58. The summed E-state index contributed by atoms with van der Waals surface area (Å²) in [6.45, 7) is 14.6. The van der Waals surface area contributed by atoms with Gasteiger partial charge in [-0.05, 0) is 98.9 Å². The molecule has 1 unspecified atom stereocenters. The number of allylic oxidation sites excluding steroid dienone is 2. The molecule has 0 spiro atoms. The van der Waals surface area contributed by atoms with Gasteiger partial charge in [-0.1, -0.05) is 75.2 Å². The SMILES string of the molecule is C=C(/C=C\c1c(C)ccc2c1N(CCC1CCCN(CC)C1)CCn1c-2c(C2CCCCC2)c2ccc(C(=O)O)nc21)c1ccccc1F. The number of carboxylic acids is 1. The summed E-state index contributed by atoms with van der Waals surface area (Å²) < 4.78 is 17.1. The van der Waals surface area contributed by atoms with E-state index < -0.39 is 5.97 Å². The van der Waals surface area contributed by atoms with Gasteiger partial charge in [-0.3, -0.25) is 0 Å². The number of fused-ring (bicyclic) bond motifs is 5. The fourth-order valence-electron chi connectivity index (χ4n) is 8.69. The molecule has 4 aromatic rings. The third-order valence-corrected chi connectivity index (χ3v) is 11.3. The third-order valence-electron chi connectivity index (χ3n) is 11.3. The number of piperidine rings is 1. The molecule has 7 rings (SSSR count). The van der Waals surface area contributed by atoms with E-state index in [1.807, 2.05) is 18.2 Å². The Hall–Kier alpha value is -4.23. The number of halogens is 1. The zero-order valence-electron chi connectivity index (χ0n) is 29.1. The summed E-state index contributed by atoms with van der Waals surface area (Å²) >= 11 is 0. The monoisotopic (exact) mass is 660 g/mol. The minimum atomic E-state index is -1.00. The average Bonchev–Trinajstić information content (AvgIpc) is 3.35. The molecule has 2 aliphatic heterocycles. The van der Waals surface area contributed by atoms with Gasteiger partial charge in [0, 0.05) is 48.3 Å². The quantitative estimate of drug-likeness (QED) is 0.181. The summed E-state index contributed by atoms with van der Waals surface area (Å²) in [5.41, 5.74) is 9.18. The first-order valence-corrected chi connectivity index (χ1v) is 18.3. The number of aryl methyl sites for hydroxylation is 1. The van der Waals surface area contributed by atoms with Gasteiger partial charge in [0.15, 0.2) is 5.69 Å². The Bertz CT molecular complexity index is 1900. The highest BCUT2D eigenvalue weighted by Gasteiger charge is 2.33. The van der Waals surface area contributed by atoms with E-state index in [-0.39, 0.29) is 11.5 Å². The van der Waals surface area contributed by atoms with Crippen molar-refractivity contribution in [3.63, 3.8) is 0 Å². The highest BCUT2D eigenvalue weighted by molar-refractivity contribution is 5.98. The number of rotatable bonds is 9. The molecule has 0 radical (unpaired) electrons. The lowest BCUT2D eigenvalue weighted by molar-refractivity contribution is 0.0691. The maximum absolute atomic E-state index is 14.8. The first-order valence-electron chi connectivity index (χ1n) is 18.3. The zero-order valence-corrected chi connectivity index (χ0v) is 29.1. The second-order valence-corrected chi connectivity index (χ2v) is 14.3. The van der Waals surface area contributed by atoms with Gasteiger partial charge in [-0.15, -0.1) is 0 Å². The summed E-state index contributed by atoms with van der Waals surface area (Å²) in [4.78, 5) is 22.1. The number of nitrogens with zero attached hydrogens (tertiary/aromatic N) is 4. The minimum absolute atomic E-state index is 0.0845. The largest absolute Gasteiger partial charge is 0.477 e. The van der Waals surface area contributed by atoms with Gasteiger partial charge in [-0.2, -0.15) is 0 Å². The lowest BCUT2D eigenvalue weighted by Crippen LogP contribution is -2.37. The standard InChI is InChI=1S/C42H49FN4O2/c1-4-45-23-10-11-30(27-45)22-24-46-25-26-47-40(38(31-12-6-5-7-13-31)34-20-21-37(42(48)49)44-41(34)47)35-19-17-29(3)33(39(35)46)18-16-28(2)32-14-8-9-15-36(32)43/h8-9,14-21,30-31H,2,4-7,10-13,22-27H2,1,3H3,(H,48,49)/b18-16-. The molecule has 1 N–H and O–H groups in total. The summed E-state index contributed by atoms with van der Waals surface area (Å²) in [7, 11) is 0. The molecule has 0 bridgehead atoms. The summed E-state index contributed by atoms with van der Waals surface area (Å²) in [5, 5.41) is 11.0. The maximum Gasteiger partial charge on any atom is 0.354 e. The van der Waals surface area contributed by atoms with E-state index in [9.17, 15) is 14.3 Å². The van der Waals surface area contributed by atoms with Crippen molar-refractivity contribution >= 4 is 34.3 Å². The predicted octanol–water partition coefficient (Wildman–Crippen LogP) is 9.57. The summed E-state index contributed by atoms with van der Waals surface area (Å²) in [5.74, 6) is -0.222. The zero-order chi connectivity index (χ0) is 34.1. The highest BCUT2D eigenvalue weighted by atomic mass is 19.1. The topological polar surface area (TPSA) is 61.6 Å². The number of hydrogen-bond donors (Lipinski definition) is 1. The van der Waals surface area contributed by atoms with E-state index in [1.165, 1.54) is 67.2 Å². The molecule has 1 saturated carbocycles. The van der Waals surface area contributed by atoms with Crippen LogP contribution in [0.2, 0.25) is 0 Å². The molecule has 1 atom stereocenters. The molecule has 7 heteroatoms. The summed E-state index contributed by atoms with van der Waals surface area (Å²) in [6.07, 6.45) is 13.6. The normalized spacial score (nSPS) is 18.8. The first kappa shape index (κ1) is 33.3. The van der Waals surface area contributed by atoms with Crippen LogP contribution in [0.5, 0.6) is 0 Å². The lowest BCUT2D eigenvalue weighted by atomic mass is 9.81. The molecule has 1 saturated heterocycles. The van der Waals surface area contributed by atoms with E-state index in [1.54, 1.807) is 18.2 Å². The predicted molar refractivity (Wildman–Crippen MR) is 199 cm³/mol. The second kappa shape index (κ2) is 14.3. The van der Waals surface area contributed by atoms with Gasteiger partial charge in [0.2, 0.25) is 0 Å². The molecular weight excluding hydrogens is 611 g/mol. The van der Waals surface area contributed by atoms with Crippen molar-refractivity contribution in [1.29, 1.82) is 0 Å². The Balaban J connectivity index is 1.39. The molecule has 1 aliphatic carbocycles. The fraction of sp³-hybridized carbons (Fsp3) is 0.429. The Labute approximate surface area is 290 Å². The van der Waals surface area contributed by atoms with E-state index in [0.29, 0.717) is 23.0 Å². The fourth-order valence-corrected chi connectivity index (χ4v) is 8.69. The van der Waals surface area contributed by atoms with Crippen LogP contribution >= 0.6 is 0 Å². The van der Waals surface area contributed by atoms with Gasteiger partial charge in [0.25, 0.3) is 0 Å². The molecule has 0 amide bonds. The molecule has 4 heterocycles. The Kier molecular flexibility index (Phi) is 9.73. The number of aromatic carboxylic acids is 1. The van der Waals surface area contributed by atoms with E-state index in [0.717, 1.165) is 74.1 Å². The molecular formula is C42H49FN4O2. The molecule has 256 valence electrons. The number of anilines is 1. The number of carboxylic acid groups (broad SMARTS) is 1. The highest BCUT2D eigenvalue weighted by Crippen LogP contribution is 2.48. The average molecular weight is 661 g/mol. The smallest absolute Gasteiger partial charge is 0.354 e. The van der Waals surface area contributed by atoms with Crippen LogP contribution in [0.4, 0.5) is 10.1 Å². The van der Waals surface area contributed by atoms with Crippen LogP contribution in [0, 0.1) is 18.7 Å². The van der Waals surface area contributed by atoms with Gasteiger partial charge in [-0.25, -0.2) is 14.2 Å². The molecule has 49 heavy (non-hydrogen) atoms. The first-order chi connectivity index (χ1) is 23.8. The van der Waals surface area contributed by atoms with Crippen molar-refractivity contribution in [2.24, 2.45) is 5.92 Å². The van der Waals surface area contributed by atoms with Crippen molar-refractivity contribution < 1.29 is 14.3 Å². The van der Waals surface area contributed by atoms with Crippen LogP contribution < -0.4 is 4.90 Å². The summed E-state index contributed by atoms with van der Waals surface area (Å²) in [6, 6.07) is 15.0. The van der Waals surface area contributed by atoms with Crippen molar-refractivity contribution in [2.75, 3.05) is 37.6 Å². The molecule has 3 aliphatic rings. The number of pyridine rings is 1. The van der Waals surface area contributed by atoms with Crippen molar-refractivity contribution in [3.05, 3.63) is 95.0 Å². The van der Waals surface area contributed by atoms with Crippen LogP contribution in [0.25, 0.3) is 33.9 Å². The molecule has 2 fully saturated rings. The van der Waals surface area contributed by atoms with Crippen molar-refractivity contribution in [1.82, 2.24) is 14.5 Å². The van der Waals surface area contributed by atoms with Crippen LogP contribution in [0.15, 0.2) is 61.2 Å². The van der Waals surface area contributed by atoms with E-state index in [4.69, 9.17) is 4.98 Å². The molecule has 6 nitrogen and oxygen atoms in total. The maximum atomic E-state index is 14.8. The number of benzene rings is 2. The van der Waals surface area contributed by atoms with Gasteiger partial charge in [0.05, 0.1) is 11.4 Å². The van der Waals surface area contributed by atoms with Crippen LogP contribution in [-0.2, 0) is 6.54 Å². The Morgan fingerprint density at radius 3 is 2.61 bits per heavy atom. The number of likely N-dealkylation sites (tertiary alicyclic amines) is 1. The van der Waals surface area contributed by atoms with Gasteiger partial charge >= 0.3 is 5.97 Å². The second-order valence-electron chi connectivity index (χ2n) is 14.3. The molecule has 2 aromatic heterocycles. The van der Waals surface area contributed by atoms with Crippen molar-refractivity contribution in [2.45, 2.75) is 77.7 Å². The van der Waals surface area contributed by atoms with Gasteiger partial charge in [0.1, 0.15) is 11.5 Å². The van der Waals surface area contributed by atoms with Gasteiger partial charge < -0.3 is 19.5 Å². The van der Waals surface area contributed by atoms with Crippen LogP contribution in [0.1, 0.15) is 97.0 Å². The van der Waals surface area contributed by atoms with Crippen LogP contribution in [-0.4, -0.2) is 58.3 Å².